The number of fused-ring (bicyclic) bond motifs is 3. The van der Waals surface area contributed by atoms with Crippen LogP contribution in [0.2, 0.25) is 0 Å². The third-order valence-electron chi connectivity index (χ3n) is 4.44. The van der Waals surface area contributed by atoms with E-state index in [1.165, 1.54) is 7.11 Å². The number of hydrogen-bond acceptors (Lipinski definition) is 4. The molecule has 0 amide bonds. The van der Waals surface area contributed by atoms with Gasteiger partial charge in [-0.1, -0.05) is 54.6 Å². The Balaban J connectivity index is 2.12. The number of aromatic nitrogens is 1. The van der Waals surface area contributed by atoms with Crippen LogP contribution in [0.25, 0.3) is 16.3 Å². The van der Waals surface area contributed by atoms with Crippen molar-refractivity contribution in [3.63, 3.8) is 0 Å². The Hall–Kier alpha value is -3.60. The molecule has 2 aromatic carbocycles. The fourth-order valence-electron chi connectivity index (χ4n) is 3.24. The highest BCUT2D eigenvalue weighted by Gasteiger charge is 2.29. The lowest BCUT2D eigenvalue weighted by atomic mass is 10.1. The second kappa shape index (κ2) is 6.04. The van der Waals surface area contributed by atoms with Gasteiger partial charge >= 0.3 is 5.97 Å². The van der Waals surface area contributed by atoms with Gasteiger partial charge in [-0.3, -0.25) is 4.79 Å². The van der Waals surface area contributed by atoms with Gasteiger partial charge in [0.1, 0.15) is 11.3 Å². The molecule has 5 nitrogen and oxygen atoms in total. The molecule has 0 aliphatic carbocycles. The predicted octanol–water partition coefficient (Wildman–Crippen LogP) is 3.82. The van der Waals surface area contributed by atoms with Crippen molar-refractivity contribution in [3.05, 3.63) is 83.7 Å². The van der Waals surface area contributed by atoms with Gasteiger partial charge in [-0.05, 0) is 11.5 Å². The molecule has 0 aliphatic heterocycles. The lowest BCUT2D eigenvalue weighted by molar-refractivity contribution is 0.0600. The maximum absolute atomic E-state index is 13.0. The first-order valence-corrected chi connectivity index (χ1v) is 8.06. The third-order valence-corrected chi connectivity index (χ3v) is 4.44. The van der Waals surface area contributed by atoms with Crippen LogP contribution in [0.4, 0.5) is 0 Å². The molecule has 5 heteroatoms. The van der Waals surface area contributed by atoms with Crippen molar-refractivity contribution in [3.8, 4) is 5.75 Å². The number of aromatic hydroxyl groups is 1. The number of carbonyl (C=O) groups is 2. The molecular weight excluding hydrogens is 330 g/mol. The molecule has 26 heavy (non-hydrogen) atoms. The Labute approximate surface area is 149 Å². The monoisotopic (exact) mass is 345 g/mol. The van der Waals surface area contributed by atoms with Crippen molar-refractivity contribution >= 4 is 28.0 Å². The molecule has 4 rings (SSSR count). The van der Waals surface area contributed by atoms with Crippen molar-refractivity contribution < 1.29 is 19.4 Å². The van der Waals surface area contributed by atoms with Crippen LogP contribution in [-0.4, -0.2) is 28.4 Å². The van der Waals surface area contributed by atoms with E-state index < -0.39 is 5.97 Å². The molecule has 2 heterocycles. The summed E-state index contributed by atoms with van der Waals surface area (Å²) >= 11 is 0. The third kappa shape index (κ3) is 2.25. The van der Waals surface area contributed by atoms with Gasteiger partial charge in [-0.2, -0.15) is 0 Å². The summed E-state index contributed by atoms with van der Waals surface area (Å²) in [5.41, 5.74) is 0.902. The molecule has 0 aliphatic rings. The largest absolute Gasteiger partial charge is 0.505 e. The van der Waals surface area contributed by atoms with Gasteiger partial charge in [0, 0.05) is 17.1 Å². The van der Waals surface area contributed by atoms with Gasteiger partial charge < -0.3 is 14.2 Å². The average Bonchev–Trinajstić information content (AvgIpc) is 2.99. The van der Waals surface area contributed by atoms with E-state index in [4.69, 9.17) is 4.74 Å². The highest BCUT2D eigenvalue weighted by molar-refractivity contribution is 6.17. The van der Waals surface area contributed by atoms with Gasteiger partial charge in [0.15, 0.2) is 5.75 Å². The lowest BCUT2D eigenvalue weighted by Gasteiger charge is -2.05. The highest BCUT2D eigenvalue weighted by Crippen LogP contribution is 2.36. The van der Waals surface area contributed by atoms with Gasteiger partial charge in [-0.25, -0.2) is 4.79 Å². The van der Waals surface area contributed by atoms with Crippen molar-refractivity contribution in [2.45, 2.75) is 0 Å². The molecule has 0 bridgehead atoms. The van der Waals surface area contributed by atoms with Crippen LogP contribution in [0.5, 0.6) is 5.75 Å². The van der Waals surface area contributed by atoms with Crippen LogP contribution in [0.1, 0.15) is 26.4 Å². The quantitative estimate of drug-likeness (QED) is 0.453. The minimum Gasteiger partial charge on any atom is -0.505 e. The Morgan fingerprint density at radius 1 is 0.962 bits per heavy atom. The van der Waals surface area contributed by atoms with E-state index in [1.807, 2.05) is 30.3 Å². The molecule has 0 atom stereocenters. The Kier molecular flexibility index (Phi) is 3.69. The summed E-state index contributed by atoms with van der Waals surface area (Å²) in [5.74, 6) is -1.44. The standard InChI is InChI=1S/C21H15NO4/c1-26-21(25)16-17-15-10-6-5-7-13(15)11-12-22(17)18(20(16)24)19(23)14-8-3-2-4-9-14/h2-12,24H,1H3. The van der Waals surface area contributed by atoms with E-state index in [2.05, 4.69) is 0 Å². The molecule has 0 spiro atoms. The van der Waals surface area contributed by atoms with E-state index in [0.29, 0.717) is 11.1 Å². The zero-order chi connectivity index (χ0) is 18.3. The Morgan fingerprint density at radius 3 is 2.38 bits per heavy atom. The minimum atomic E-state index is -0.691. The van der Waals surface area contributed by atoms with Crippen molar-refractivity contribution in [1.82, 2.24) is 4.40 Å². The normalized spacial score (nSPS) is 11.0. The zero-order valence-electron chi connectivity index (χ0n) is 14.0. The summed E-state index contributed by atoms with van der Waals surface area (Å²) in [4.78, 5) is 25.4. The summed E-state index contributed by atoms with van der Waals surface area (Å²) in [6, 6.07) is 17.9. The van der Waals surface area contributed by atoms with Crippen molar-refractivity contribution in [2.75, 3.05) is 7.11 Å². The van der Waals surface area contributed by atoms with Gasteiger partial charge in [0.05, 0.1) is 12.6 Å². The number of esters is 1. The smallest absolute Gasteiger partial charge is 0.343 e. The molecule has 0 saturated heterocycles. The number of nitrogens with zero attached hydrogens (tertiary/aromatic N) is 1. The SMILES string of the molecule is COC(=O)c1c(O)c(C(=O)c2ccccc2)n2ccc3ccccc3c12. The highest BCUT2D eigenvalue weighted by atomic mass is 16.5. The second-order valence-electron chi connectivity index (χ2n) is 5.88. The van der Waals surface area contributed by atoms with E-state index in [9.17, 15) is 14.7 Å². The molecule has 0 saturated carbocycles. The molecule has 2 aromatic heterocycles. The Bertz CT molecular complexity index is 1160. The summed E-state index contributed by atoms with van der Waals surface area (Å²) in [7, 11) is 1.25. The summed E-state index contributed by atoms with van der Waals surface area (Å²) in [5, 5.41) is 12.4. The van der Waals surface area contributed by atoms with Crippen LogP contribution in [0.3, 0.4) is 0 Å². The van der Waals surface area contributed by atoms with Crippen LogP contribution >= 0.6 is 0 Å². The second-order valence-corrected chi connectivity index (χ2v) is 5.88. The number of carbonyl (C=O) groups excluding carboxylic acids is 2. The summed E-state index contributed by atoms with van der Waals surface area (Å²) in [6.45, 7) is 0. The maximum atomic E-state index is 13.0. The minimum absolute atomic E-state index is 0.0106. The van der Waals surface area contributed by atoms with E-state index in [-0.39, 0.29) is 22.8 Å². The number of hydrogen-bond donors (Lipinski definition) is 1. The summed E-state index contributed by atoms with van der Waals surface area (Å²) < 4.78 is 6.40. The number of rotatable bonds is 3. The first-order chi connectivity index (χ1) is 12.6. The molecule has 0 unspecified atom stereocenters. The topological polar surface area (TPSA) is 68.0 Å². The summed E-state index contributed by atoms with van der Waals surface area (Å²) in [6.07, 6.45) is 1.68. The molecule has 0 radical (unpaired) electrons. The number of pyridine rings is 1. The van der Waals surface area contributed by atoms with Crippen molar-refractivity contribution in [1.29, 1.82) is 0 Å². The van der Waals surface area contributed by atoms with Gasteiger partial charge in [0.2, 0.25) is 5.78 Å². The van der Waals surface area contributed by atoms with E-state index >= 15 is 0 Å². The fraction of sp³-hybridized carbons (Fsp3) is 0.0476. The van der Waals surface area contributed by atoms with E-state index in [0.717, 1.165) is 10.8 Å². The number of methoxy groups -OCH3 is 1. The lowest BCUT2D eigenvalue weighted by Crippen LogP contribution is -2.05. The Morgan fingerprint density at radius 2 is 1.65 bits per heavy atom. The number of ketones is 1. The zero-order valence-corrected chi connectivity index (χ0v) is 14.0. The van der Waals surface area contributed by atoms with E-state index in [1.54, 1.807) is 40.9 Å². The number of ether oxygens (including phenoxy) is 1. The fourth-order valence-corrected chi connectivity index (χ4v) is 3.24. The van der Waals surface area contributed by atoms with Crippen molar-refractivity contribution in [2.24, 2.45) is 0 Å². The predicted molar refractivity (Wildman–Crippen MR) is 97.8 cm³/mol. The van der Waals surface area contributed by atoms with Crippen LogP contribution in [0.15, 0.2) is 66.9 Å². The molecule has 1 N–H and O–H groups in total. The first-order valence-electron chi connectivity index (χ1n) is 8.06. The molecule has 4 aromatic rings. The molecule has 128 valence electrons. The van der Waals surface area contributed by atoms with Gasteiger partial charge in [-0.15, -0.1) is 0 Å². The first kappa shape index (κ1) is 15.9. The van der Waals surface area contributed by atoms with Crippen LogP contribution in [0, 0.1) is 0 Å². The maximum Gasteiger partial charge on any atom is 0.343 e. The number of benzene rings is 2. The van der Waals surface area contributed by atoms with Gasteiger partial charge in [0.25, 0.3) is 0 Å². The van der Waals surface area contributed by atoms with Crippen LogP contribution in [-0.2, 0) is 4.74 Å². The van der Waals surface area contributed by atoms with Crippen LogP contribution < -0.4 is 0 Å². The average molecular weight is 345 g/mol. The molecule has 0 fully saturated rings. The molecular formula is C21H15NO4.